The monoisotopic (exact) mass is 614 g/mol. The van der Waals surface area contributed by atoms with Gasteiger partial charge in [-0.25, -0.2) is 0 Å². The van der Waals surface area contributed by atoms with Gasteiger partial charge in [-0.15, -0.1) is 0 Å². The maximum Gasteiger partial charge on any atom is 0.315 e. The molecule has 0 heterocycles. The number of carbonyl (C=O) groups excluding carboxylic acids is 3. The highest BCUT2D eigenvalue weighted by molar-refractivity contribution is 6.80. The van der Waals surface area contributed by atoms with E-state index in [4.69, 9.17) is 10.2 Å². The van der Waals surface area contributed by atoms with Crippen LogP contribution in [0, 0.1) is 5.92 Å². The predicted molar refractivity (Wildman–Crippen MR) is 180 cm³/mol. The summed E-state index contributed by atoms with van der Waals surface area (Å²) in [4.78, 5) is 41.1. The highest BCUT2D eigenvalue weighted by Gasteiger charge is 2.58. The van der Waals surface area contributed by atoms with Crippen LogP contribution in [0.25, 0.3) is 0 Å². The smallest absolute Gasteiger partial charge is 0.315 e. The molecule has 1 amide bonds. The molecule has 0 radical (unpaired) electrons. The Labute approximate surface area is 264 Å². The topological polar surface area (TPSA) is 98.5 Å². The van der Waals surface area contributed by atoms with E-state index in [9.17, 15) is 14.4 Å². The minimum absolute atomic E-state index is 0.0117. The summed E-state index contributed by atoms with van der Waals surface area (Å²) < 4.78 is 6.82. The van der Waals surface area contributed by atoms with Crippen molar-refractivity contribution in [3.8, 4) is 0 Å². The van der Waals surface area contributed by atoms with Crippen molar-refractivity contribution in [2.24, 2.45) is 11.7 Å². The molecule has 0 fully saturated rings. The van der Waals surface area contributed by atoms with Gasteiger partial charge in [-0.1, -0.05) is 133 Å². The van der Waals surface area contributed by atoms with Crippen LogP contribution in [0.4, 0.5) is 0 Å². The fraction of sp³-hybridized carbons (Fsp3) is 0.432. The lowest BCUT2D eigenvalue weighted by Crippen LogP contribution is -2.60. The van der Waals surface area contributed by atoms with Crippen LogP contribution in [0.5, 0.6) is 0 Å². The highest BCUT2D eigenvalue weighted by atomic mass is 28.4. The molecule has 0 saturated carbocycles. The van der Waals surface area contributed by atoms with Crippen LogP contribution in [0.3, 0.4) is 0 Å². The number of hydrogen-bond acceptors (Lipinski definition) is 5. The fourth-order valence-electron chi connectivity index (χ4n) is 6.04. The number of nitrogens with one attached hydrogen (secondary N) is 1. The van der Waals surface area contributed by atoms with Gasteiger partial charge in [0.2, 0.25) is 5.91 Å². The number of rotatable bonds is 13. The lowest BCUT2D eigenvalue weighted by Gasteiger charge is -2.50. The molecular formula is C37H50N2O4Si. The highest BCUT2D eigenvalue weighted by Crippen LogP contribution is 2.53. The van der Waals surface area contributed by atoms with Crippen molar-refractivity contribution < 1.29 is 18.8 Å². The number of ketones is 1. The molecule has 44 heavy (non-hydrogen) atoms. The lowest BCUT2D eigenvalue weighted by atomic mass is 9.91. The van der Waals surface area contributed by atoms with E-state index in [-0.39, 0.29) is 34.6 Å². The number of Topliss-reactive ketones (excluding diaryl/α,β-unsaturated/α-hetero) is 1. The van der Waals surface area contributed by atoms with E-state index in [1.165, 1.54) is 0 Å². The number of carbonyl (C=O) groups is 3. The van der Waals surface area contributed by atoms with Gasteiger partial charge in [-0.05, 0) is 40.1 Å². The maximum absolute atomic E-state index is 14.4. The van der Waals surface area contributed by atoms with E-state index in [0.29, 0.717) is 12.5 Å². The van der Waals surface area contributed by atoms with Crippen LogP contribution in [0.15, 0.2) is 91.0 Å². The summed E-state index contributed by atoms with van der Waals surface area (Å²) in [5.41, 5.74) is 8.85. The first-order valence-corrected chi connectivity index (χ1v) is 17.7. The minimum Gasteiger partial charge on any atom is -0.516 e. The van der Waals surface area contributed by atoms with Crippen molar-refractivity contribution in [2.45, 2.75) is 95.9 Å². The molecule has 0 unspecified atom stereocenters. The molecule has 0 bridgehead atoms. The first kappa shape index (κ1) is 34.9. The van der Waals surface area contributed by atoms with Crippen molar-refractivity contribution in [3.05, 3.63) is 108 Å². The number of nitrogens with two attached hydrogens (primary N) is 1. The molecule has 3 rings (SSSR count). The summed E-state index contributed by atoms with van der Waals surface area (Å²) in [5, 5.41) is 2.42. The largest absolute Gasteiger partial charge is 0.516 e. The van der Waals surface area contributed by atoms with Crippen molar-refractivity contribution in [1.82, 2.24) is 5.32 Å². The van der Waals surface area contributed by atoms with Crippen LogP contribution in [-0.2, 0) is 37.7 Å². The Bertz CT molecular complexity index is 1350. The molecule has 0 aliphatic heterocycles. The molecule has 7 heteroatoms. The van der Waals surface area contributed by atoms with Crippen LogP contribution in [0.1, 0.15) is 71.6 Å². The second-order valence-electron chi connectivity index (χ2n) is 14.0. The molecule has 0 spiro atoms. The average Bonchev–Trinajstić information content (AvgIpc) is 2.96. The number of hydrogen-bond donors (Lipinski definition) is 2. The summed E-state index contributed by atoms with van der Waals surface area (Å²) in [5.74, 6) is -1.68. The molecule has 0 saturated heterocycles. The van der Waals surface area contributed by atoms with Gasteiger partial charge >= 0.3 is 5.97 Å². The molecule has 3 atom stereocenters. The first-order chi connectivity index (χ1) is 20.6. The average molecular weight is 615 g/mol. The molecule has 3 aromatic rings. The Morgan fingerprint density at radius 1 is 0.727 bits per heavy atom. The van der Waals surface area contributed by atoms with Gasteiger partial charge < -0.3 is 15.5 Å². The van der Waals surface area contributed by atoms with Gasteiger partial charge in [-0.2, -0.15) is 0 Å². The van der Waals surface area contributed by atoms with E-state index in [2.05, 4.69) is 59.0 Å². The van der Waals surface area contributed by atoms with Gasteiger partial charge in [-0.3, -0.25) is 14.4 Å². The molecule has 6 nitrogen and oxygen atoms in total. The summed E-state index contributed by atoms with van der Waals surface area (Å²) in [7, 11) is -2.93. The lowest BCUT2D eigenvalue weighted by molar-refractivity contribution is -0.141. The Balaban J connectivity index is 2.00. The van der Waals surface area contributed by atoms with Crippen LogP contribution >= 0.6 is 0 Å². The van der Waals surface area contributed by atoms with Gasteiger partial charge in [0.05, 0.1) is 6.04 Å². The van der Waals surface area contributed by atoms with Crippen LogP contribution < -0.4 is 11.1 Å². The zero-order chi connectivity index (χ0) is 32.5. The van der Waals surface area contributed by atoms with Crippen molar-refractivity contribution >= 4 is 26.0 Å². The zero-order valence-corrected chi connectivity index (χ0v) is 28.4. The van der Waals surface area contributed by atoms with Gasteiger partial charge in [0.15, 0.2) is 0 Å². The van der Waals surface area contributed by atoms with Gasteiger partial charge in [0.1, 0.15) is 11.8 Å². The van der Waals surface area contributed by atoms with Gasteiger partial charge in [0, 0.05) is 24.8 Å². The van der Waals surface area contributed by atoms with Crippen LogP contribution in [-0.4, -0.2) is 38.1 Å². The maximum atomic E-state index is 14.4. The van der Waals surface area contributed by atoms with Crippen molar-refractivity contribution in [2.75, 3.05) is 0 Å². The third kappa shape index (κ3) is 9.23. The zero-order valence-electron chi connectivity index (χ0n) is 27.4. The summed E-state index contributed by atoms with van der Waals surface area (Å²) in [6.45, 7) is 14.6. The molecule has 236 valence electrons. The third-order valence-electron chi connectivity index (χ3n) is 8.53. The summed E-state index contributed by atoms with van der Waals surface area (Å²) in [6, 6.07) is 28.4. The Morgan fingerprint density at radius 3 is 1.59 bits per heavy atom. The standard InChI is InChI=1S/C37H50N2O4Si/c1-27(38)33(40)25-31(23-28-17-11-8-12-18-28)34(41)39-32(24-29-19-13-9-14-20-29)35(42)43-44(36(2,3)4,37(5,6)7)26-30-21-15-10-16-22-30/h8-22,27,31-32H,23-26,38H2,1-7H3,(H,39,41)/t27-,31+,32-/m0/s1. The normalized spacial score (nSPS) is 14.3. The molecule has 3 aromatic carbocycles. The molecule has 3 N–H and O–H groups in total. The van der Waals surface area contributed by atoms with E-state index >= 15 is 0 Å². The van der Waals surface area contributed by atoms with Crippen molar-refractivity contribution in [3.63, 3.8) is 0 Å². The second kappa shape index (κ2) is 15.0. The molecule has 0 aliphatic rings. The fourth-order valence-corrected chi connectivity index (χ4v) is 11.3. The number of benzene rings is 3. The van der Waals surface area contributed by atoms with Crippen LogP contribution in [0.2, 0.25) is 10.1 Å². The summed E-state index contributed by atoms with van der Waals surface area (Å²) >= 11 is 0. The van der Waals surface area contributed by atoms with E-state index in [0.717, 1.165) is 16.7 Å². The van der Waals surface area contributed by atoms with Gasteiger partial charge in [0.25, 0.3) is 8.32 Å². The van der Waals surface area contributed by atoms with E-state index in [1.807, 2.05) is 78.9 Å². The molecular weight excluding hydrogens is 565 g/mol. The quantitative estimate of drug-likeness (QED) is 0.208. The SMILES string of the molecule is C[C@H](N)C(=O)C[C@@H](Cc1ccccc1)C(=O)N[C@@H](Cc1ccccc1)C(=O)O[Si](Cc1ccccc1)(C(C)(C)C)C(C)(C)C. The molecule has 0 aliphatic carbocycles. The Morgan fingerprint density at radius 2 is 1.16 bits per heavy atom. The predicted octanol–water partition coefficient (Wildman–Crippen LogP) is 6.75. The Kier molecular flexibility index (Phi) is 11.9. The third-order valence-corrected chi connectivity index (χ3v) is 14.8. The van der Waals surface area contributed by atoms with Crippen molar-refractivity contribution in [1.29, 1.82) is 0 Å². The van der Waals surface area contributed by atoms with E-state index in [1.54, 1.807) is 6.92 Å². The molecule has 0 aromatic heterocycles. The van der Waals surface area contributed by atoms with E-state index < -0.39 is 32.3 Å². The minimum atomic E-state index is -2.93. The number of amides is 1. The summed E-state index contributed by atoms with van der Waals surface area (Å²) in [6.07, 6.45) is 0.617. The first-order valence-electron chi connectivity index (χ1n) is 15.6. The second-order valence-corrected chi connectivity index (χ2v) is 19.2. The Hall–Kier alpha value is -3.55.